The van der Waals surface area contributed by atoms with E-state index in [1.54, 1.807) is 32.0 Å². The van der Waals surface area contributed by atoms with E-state index < -0.39 is 23.8 Å². The van der Waals surface area contributed by atoms with E-state index in [-0.39, 0.29) is 34.3 Å². The third-order valence-electron chi connectivity index (χ3n) is 4.90. The first-order chi connectivity index (χ1) is 14.1. The molecule has 7 nitrogen and oxygen atoms in total. The molecule has 1 aliphatic heterocycles. The lowest BCUT2D eigenvalue weighted by Crippen LogP contribution is -2.36. The summed E-state index contributed by atoms with van der Waals surface area (Å²) in [5.41, 5.74) is 1.07. The molecule has 162 valence electrons. The molecule has 0 amide bonds. The number of rotatable bonds is 7. The molecule has 0 saturated carbocycles. The highest BCUT2D eigenvalue weighted by Crippen LogP contribution is 2.45. The van der Waals surface area contributed by atoms with Crippen molar-refractivity contribution in [2.24, 2.45) is 0 Å². The van der Waals surface area contributed by atoms with Crippen LogP contribution < -0.4 is 0 Å². The van der Waals surface area contributed by atoms with Gasteiger partial charge in [-0.3, -0.25) is 4.79 Å². The molecule has 0 aliphatic carbocycles. The van der Waals surface area contributed by atoms with Gasteiger partial charge in [0, 0.05) is 17.8 Å². The van der Waals surface area contributed by atoms with E-state index in [9.17, 15) is 19.5 Å². The van der Waals surface area contributed by atoms with Gasteiger partial charge >= 0.3 is 17.9 Å². The maximum atomic E-state index is 12.7. The molecule has 0 aromatic heterocycles. The Labute approximate surface area is 184 Å². The molecule has 0 spiro atoms. The Morgan fingerprint density at radius 2 is 1.77 bits per heavy atom. The number of hydrogen-bond donors (Lipinski definition) is 1. The first-order valence-corrected chi connectivity index (χ1v) is 10.0. The lowest BCUT2D eigenvalue weighted by molar-refractivity contribution is -0.147. The van der Waals surface area contributed by atoms with Crippen molar-refractivity contribution in [3.05, 3.63) is 56.3 Å². The van der Waals surface area contributed by atoms with Crippen LogP contribution in [0, 0.1) is 0 Å². The van der Waals surface area contributed by atoms with Crippen molar-refractivity contribution in [2.45, 2.75) is 39.5 Å². The lowest BCUT2D eigenvalue weighted by Gasteiger charge is -2.37. The van der Waals surface area contributed by atoms with Crippen molar-refractivity contribution in [3.8, 4) is 0 Å². The fourth-order valence-electron chi connectivity index (χ4n) is 3.42. The number of carbonyl (C=O) groups is 3. The molecular weight excluding hydrogens is 433 g/mol. The fraction of sp³-hybridized carbons (Fsp3) is 0.381. The van der Waals surface area contributed by atoms with Gasteiger partial charge in [0.1, 0.15) is 0 Å². The average molecular weight is 456 g/mol. The molecule has 1 aromatic carbocycles. The first kappa shape index (κ1) is 23.8. The first-order valence-electron chi connectivity index (χ1n) is 9.25. The van der Waals surface area contributed by atoms with Crippen LogP contribution in [-0.2, 0) is 23.9 Å². The summed E-state index contributed by atoms with van der Waals surface area (Å²) >= 11 is 12.5. The van der Waals surface area contributed by atoms with Crippen molar-refractivity contribution in [1.29, 1.82) is 0 Å². The minimum absolute atomic E-state index is 0.0798. The smallest absolute Gasteiger partial charge is 0.336 e. The van der Waals surface area contributed by atoms with Gasteiger partial charge in [-0.15, -0.1) is 0 Å². The number of nitrogens with zero attached hydrogens (tertiary/aromatic N) is 1. The number of ether oxygens (including phenoxy) is 2. The molecule has 0 radical (unpaired) electrons. The van der Waals surface area contributed by atoms with Crippen LogP contribution in [0.2, 0.25) is 10.0 Å². The van der Waals surface area contributed by atoms with Gasteiger partial charge in [-0.1, -0.05) is 42.3 Å². The normalized spacial score (nSPS) is 16.6. The van der Waals surface area contributed by atoms with Crippen LogP contribution in [0.1, 0.15) is 45.1 Å². The number of benzene rings is 1. The van der Waals surface area contributed by atoms with Crippen molar-refractivity contribution < 1.29 is 29.0 Å². The van der Waals surface area contributed by atoms with Crippen LogP contribution in [0.4, 0.5) is 0 Å². The van der Waals surface area contributed by atoms with E-state index in [1.807, 2.05) is 6.92 Å². The Morgan fingerprint density at radius 3 is 2.33 bits per heavy atom. The maximum Gasteiger partial charge on any atom is 0.336 e. The molecule has 0 unspecified atom stereocenters. The topological polar surface area (TPSA) is 93.1 Å². The van der Waals surface area contributed by atoms with Crippen molar-refractivity contribution >= 4 is 41.1 Å². The van der Waals surface area contributed by atoms with Gasteiger partial charge in [0.2, 0.25) is 0 Å². The zero-order valence-electron chi connectivity index (χ0n) is 17.1. The minimum Gasteiger partial charge on any atom is -0.478 e. The van der Waals surface area contributed by atoms with Crippen LogP contribution in [0.5, 0.6) is 0 Å². The van der Waals surface area contributed by atoms with Crippen molar-refractivity contribution in [2.75, 3.05) is 13.8 Å². The van der Waals surface area contributed by atoms with Gasteiger partial charge in [-0.2, -0.15) is 0 Å². The number of aliphatic carboxylic acids is 1. The Balaban J connectivity index is 2.68. The van der Waals surface area contributed by atoms with Crippen LogP contribution in [0.25, 0.3) is 0 Å². The summed E-state index contributed by atoms with van der Waals surface area (Å²) in [7, 11) is 1.20. The highest BCUT2D eigenvalue weighted by molar-refractivity contribution is 6.42. The second kappa shape index (κ2) is 10.00. The number of methoxy groups -OCH3 is 1. The van der Waals surface area contributed by atoms with Crippen LogP contribution in [0.15, 0.2) is 40.7 Å². The summed E-state index contributed by atoms with van der Waals surface area (Å²) in [6.45, 7) is 4.83. The second-order valence-corrected chi connectivity index (χ2v) is 7.48. The molecule has 1 heterocycles. The molecule has 2 rings (SSSR count). The largest absolute Gasteiger partial charge is 0.478 e. The van der Waals surface area contributed by atoms with E-state index in [0.717, 1.165) is 0 Å². The molecule has 0 saturated heterocycles. The van der Waals surface area contributed by atoms with E-state index in [2.05, 4.69) is 0 Å². The average Bonchev–Trinajstić information content (AvgIpc) is 2.69. The number of carbonyl (C=O) groups excluding carboxylic acids is 2. The number of hydrogen-bond acceptors (Lipinski definition) is 6. The van der Waals surface area contributed by atoms with E-state index >= 15 is 0 Å². The number of carboxylic acids is 1. The molecule has 0 fully saturated rings. The fourth-order valence-corrected chi connectivity index (χ4v) is 3.84. The van der Waals surface area contributed by atoms with Crippen LogP contribution in [0.3, 0.4) is 0 Å². The standard InChI is InChI=1S/C21H23Cl2NO6/c1-5-7-15(25)30-10-24-11(2)16(20(26)27)18(17(12(24)3)21(28)29-4)13-8-6-9-14(22)19(13)23/h6,8-9,18H,5,7,10H2,1-4H3,(H,26,27)/t18-/m0/s1. The summed E-state index contributed by atoms with van der Waals surface area (Å²) in [6, 6.07) is 4.81. The predicted octanol–water partition coefficient (Wildman–Crippen LogP) is 4.50. The Morgan fingerprint density at radius 1 is 1.13 bits per heavy atom. The summed E-state index contributed by atoms with van der Waals surface area (Å²) in [5.74, 6) is -3.39. The van der Waals surface area contributed by atoms with E-state index in [0.29, 0.717) is 23.4 Å². The summed E-state index contributed by atoms with van der Waals surface area (Å²) in [5, 5.41) is 10.4. The van der Waals surface area contributed by atoms with Crippen molar-refractivity contribution in [1.82, 2.24) is 4.90 Å². The van der Waals surface area contributed by atoms with E-state index in [4.69, 9.17) is 32.7 Å². The highest BCUT2D eigenvalue weighted by Gasteiger charge is 2.41. The Hall–Kier alpha value is -2.51. The summed E-state index contributed by atoms with van der Waals surface area (Å²) in [4.78, 5) is 38.3. The number of carboxylic acid groups (broad SMARTS) is 1. The van der Waals surface area contributed by atoms with Gasteiger partial charge in [0.05, 0.1) is 34.2 Å². The van der Waals surface area contributed by atoms with Crippen LogP contribution in [-0.4, -0.2) is 41.8 Å². The third-order valence-corrected chi connectivity index (χ3v) is 5.74. The van der Waals surface area contributed by atoms with E-state index in [1.165, 1.54) is 12.0 Å². The zero-order valence-corrected chi connectivity index (χ0v) is 18.6. The van der Waals surface area contributed by atoms with Crippen molar-refractivity contribution in [3.63, 3.8) is 0 Å². The Bertz CT molecular complexity index is 937. The SMILES string of the molecule is CCCC(=O)OCN1C(C)=C(C(=O)O)[C@H](c2cccc(Cl)c2Cl)C(C(=O)OC)=C1C. The molecule has 1 atom stereocenters. The van der Waals surface area contributed by atoms with Gasteiger partial charge in [-0.25, -0.2) is 9.59 Å². The monoisotopic (exact) mass is 455 g/mol. The molecule has 30 heavy (non-hydrogen) atoms. The molecule has 1 N–H and O–H groups in total. The van der Waals surface area contributed by atoms with Gasteiger partial charge in [0.25, 0.3) is 0 Å². The molecule has 9 heteroatoms. The molecule has 1 aromatic rings. The van der Waals surface area contributed by atoms with Gasteiger partial charge < -0.3 is 19.5 Å². The number of halogens is 2. The summed E-state index contributed by atoms with van der Waals surface area (Å²) in [6.07, 6.45) is 0.849. The molecule has 0 bridgehead atoms. The number of allylic oxidation sites excluding steroid dienone is 2. The molecular formula is C21H23Cl2NO6. The highest BCUT2D eigenvalue weighted by atomic mass is 35.5. The Kier molecular flexibility index (Phi) is 7.92. The molecule has 1 aliphatic rings. The predicted molar refractivity (Wildman–Crippen MR) is 112 cm³/mol. The lowest BCUT2D eigenvalue weighted by atomic mass is 9.80. The third kappa shape index (κ3) is 4.63. The summed E-state index contributed by atoms with van der Waals surface area (Å²) < 4.78 is 10.2. The number of esters is 2. The zero-order chi connectivity index (χ0) is 22.6. The van der Waals surface area contributed by atoms with Gasteiger partial charge in [0.15, 0.2) is 6.73 Å². The van der Waals surface area contributed by atoms with Crippen LogP contribution >= 0.6 is 23.2 Å². The quantitative estimate of drug-likeness (QED) is 0.604. The maximum absolute atomic E-state index is 12.7. The van der Waals surface area contributed by atoms with Gasteiger partial charge in [-0.05, 0) is 31.9 Å². The minimum atomic E-state index is -1.24. The second-order valence-electron chi connectivity index (χ2n) is 6.69.